The van der Waals surface area contributed by atoms with Crippen LogP contribution in [0.15, 0.2) is 18.2 Å². The van der Waals surface area contributed by atoms with E-state index in [-0.39, 0.29) is 12.2 Å². The topological polar surface area (TPSA) is 165 Å². The molecule has 12 nitrogen and oxygen atoms in total. The van der Waals surface area contributed by atoms with E-state index in [0.717, 1.165) is 17.0 Å². The molecule has 0 spiro atoms. The number of nitro benzene ring substituents is 2. The SMILES string of the molecule is CCN(C(=O)Nc1ccc([N+](=O)[O-])cc1[N+](=O)[O-])C(O[PH](=O)O)C(Cl)(Cl)Br. The minimum atomic E-state index is -3.57. The predicted octanol–water partition coefficient (Wildman–Crippen LogP) is 3.61. The van der Waals surface area contributed by atoms with E-state index in [1.807, 2.05) is 0 Å². The monoisotopic (exact) mass is 508 g/mol. The van der Waals surface area contributed by atoms with Crippen molar-refractivity contribution in [3.63, 3.8) is 0 Å². The highest BCUT2D eigenvalue weighted by atomic mass is 79.9. The second-order valence-electron chi connectivity index (χ2n) is 4.71. The summed E-state index contributed by atoms with van der Waals surface area (Å²) in [7, 11) is -3.57. The van der Waals surface area contributed by atoms with Gasteiger partial charge in [-0.3, -0.25) is 34.2 Å². The van der Waals surface area contributed by atoms with Gasteiger partial charge in [-0.15, -0.1) is 0 Å². The molecule has 0 aliphatic heterocycles. The molecule has 0 saturated heterocycles. The zero-order valence-corrected chi connectivity index (χ0v) is 17.4. The lowest BCUT2D eigenvalue weighted by atomic mass is 10.2. The van der Waals surface area contributed by atoms with Crippen LogP contribution in [0.3, 0.4) is 0 Å². The lowest BCUT2D eigenvalue weighted by molar-refractivity contribution is -0.393. The summed E-state index contributed by atoms with van der Waals surface area (Å²) in [5.74, 6) is 0. The van der Waals surface area contributed by atoms with Gasteiger partial charge in [0.05, 0.1) is 15.9 Å². The largest absolute Gasteiger partial charge is 0.326 e. The standard InChI is InChI=1S/C11H12BrCl2N4O8P/c1-2-16(9(11(12,13)14)26-27(24)25)10(19)15-7-4-3-6(17(20)21)5-8(7)18(22)23/h3-5,9,27H,2H2,1H3,(H,15,19)(H,24,25). The molecule has 0 saturated carbocycles. The average molecular weight is 510 g/mol. The van der Waals surface area contributed by atoms with E-state index in [4.69, 9.17) is 28.1 Å². The number of nitrogens with one attached hydrogen (secondary N) is 1. The Morgan fingerprint density at radius 3 is 2.44 bits per heavy atom. The minimum absolute atomic E-state index is 0.126. The zero-order valence-electron chi connectivity index (χ0n) is 13.3. The molecule has 150 valence electrons. The summed E-state index contributed by atoms with van der Waals surface area (Å²) in [4.78, 5) is 42.4. The second-order valence-corrected chi connectivity index (χ2v) is 9.03. The molecular weight excluding hydrogens is 498 g/mol. The van der Waals surface area contributed by atoms with Crippen molar-refractivity contribution in [1.82, 2.24) is 4.90 Å². The number of nitro groups is 2. The van der Waals surface area contributed by atoms with Crippen LogP contribution in [0.4, 0.5) is 21.9 Å². The van der Waals surface area contributed by atoms with Gasteiger partial charge in [0, 0.05) is 12.6 Å². The van der Waals surface area contributed by atoms with Crippen LogP contribution in [0.25, 0.3) is 0 Å². The van der Waals surface area contributed by atoms with Gasteiger partial charge in [0.2, 0.25) is 3.24 Å². The van der Waals surface area contributed by atoms with Crippen LogP contribution in [0.1, 0.15) is 6.92 Å². The minimum Gasteiger partial charge on any atom is -0.326 e. The first-order chi connectivity index (χ1) is 12.4. The van der Waals surface area contributed by atoms with Gasteiger partial charge in [0.25, 0.3) is 11.4 Å². The van der Waals surface area contributed by atoms with Crippen LogP contribution in [0.5, 0.6) is 0 Å². The van der Waals surface area contributed by atoms with Gasteiger partial charge < -0.3 is 10.2 Å². The van der Waals surface area contributed by atoms with E-state index in [0.29, 0.717) is 6.07 Å². The number of carbonyl (C=O) groups excluding carboxylic acids is 1. The van der Waals surface area contributed by atoms with Gasteiger partial charge in [-0.25, -0.2) is 4.79 Å². The van der Waals surface area contributed by atoms with E-state index in [1.165, 1.54) is 6.92 Å². The van der Waals surface area contributed by atoms with Gasteiger partial charge in [-0.1, -0.05) is 23.2 Å². The maximum atomic E-state index is 12.5. The summed E-state index contributed by atoms with van der Waals surface area (Å²) in [6, 6.07) is 1.57. The number of carbonyl (C=O) groups is 1. The summed E-state index contributed by atoms with van der Waals surface area (Å²) >= 11 is 14.4. The number of rotatable bonds is 8. The molecule has 0 aromatic heterocycles. The molecule has 2 atom stereocenters. The lowest BCUT2D eigenvalue weighted by Gasteiger charge is -2.34. The van der Waals surface area contributed by atoms with Crippen molar-refractivity contribution in [2.45, 2.75) is 16.4 Å². The van der Waals surface area contributed by atoms with Crippen molar-refractivity contribution in [2.24, 2.45) is 0 Å². The second kappa shape index (κ2) is 9.62. The molecule has 0 aliphatic carbocycles. The quantitative estimate of drug-likeness (QED) is 0.176. The molecule has 16 heteroatoms. The maximum Gasteiger partial charge on any atom is 0.324 e. The van der Waals surface area contributed by atoms with Crippen molar-refractivity contribution in [3.8, 4) is 0 Å². The van der Waals surface area contributed by atoms with Gasteiger partial charge >= 0.3 is 14.3 Å². The zero-order chi connectivity index (χ0) is 20.9. The summed E-state index contributed by atoms with van der Waals surface area (Å²) in [6.07, 6.45) is -1.64. The van der Waals surface area contributed by atoms with E-state index in [1.54, 1.807) is 0 Å². The Bertz CT molecular complexity index is 777. The fraction of sp³-hybridized carbons (Fsp3) is 0.364. The van der Waals surface area contributed by atoms with Crippen LogP contribution in [0.2, 0.25) is 0 Å². The number of nitrogens with zero attached hydrogens (tertiary/aromatic N) is 3. The van der Waals surface area contributed by atoms with Crippen LogP contribution < -0.4 is 5.32 Å². The first-order valence-corrected chi connectivity index (χ1v) is 9.66. The van der Waals surface area contributed by atoms with Crippen molar-refractivity contribution in [2.75, 3.05) is 11.9 Å². The van der Waals surface area contributed by atoms with Crippen molar-refractivity contribution in [3.05, 3.63) is 38.4 Å². The Balaban J connectivity index is 3.22. The van der Waals surface area contributed by atoms with Crippen molar-refractivity contribution in [1.29, 1.82) is 0 Å². The third kappa shape index (κ3) is 6.55. The summed E-state index contributed by atoms with van der Waals surface area (Å²) in [6.45, 7) is 1.33. The Kier molecular flexibility index (Phi) is 8.39. The van der Waals surface area contributed by atoms with Crippen LogP contribution in [0, 0.1) is 20.2 Å². The fourth-order valence-corrected chi connectivity index (χ4v) is 3.38. The van der Waals surface area contributed by atoms with E-state index in [9.17, 15) is 29.6 Å². The van der Waals surface area contributed by atoms with Gasteiger partial charge in [-0.2, -0.15) is 0 Å². The highest BCUT2D eigenvalue weighted by molar-refractivity contribution is 9.11. The maximum absolute atomic E-state index is 12.5. The third-order valence-corrected chi connectivity index (χ3v) is 4.20. The number of halogens is 3. The summed E-state index contributed by atoms with van der Waals surface area (Å²) in [5.41, 5.74) is -1.63. The first-order valence-electron chi connectivity index (χ1n) is 6.85. The molecule has 1 aromatic carbocycles. The Morgan fingerprint density at radius 2 is 2.04 bits per heavy atom. The highest BCUT2D eigenvalue weighted by Gasteiger charge is 2.41. The third-order valence-electron chi connectivity index (χ3n) is 3.01. The smallest absolute Gasteiger partial charge is 0.324 e. The number of alkyl halides is 3. The van der Waals surface area contributed by atoms with Gasteiger partial charge in [0.15, 0.2) is 6.23 Å². The fourth-order valence-electron chi connectivity index (χ4n) is 1.90. The van der Waals surface area contributed by atoms with Crippen molar-refractivity contribution >= 4 is 70.5 Å². The predicted molar refractivity (Wildman–Crippen MR) is 101 cm³/mol. The van der Waals surface area contributed by atoms with E-state index >= 15 is 0 Å². The van der Waals surface area contributed by atoms with Gasteiger partial charge in [-0.05, 0) is 28.9 Å². The number of urea groups is 1. The molecule has 27 heavy (non-hydrogen) atoms. The average Bonchev–Trinajstić information content (AvgIpc) is 2.53. The molecule has 0 bridgehead atoms. The van der Waals surface area contributed by atoms with Crippen LogP contribution in [-0.4, -0.2) is 41.7 Å². The number of anilines is 1. The number of amides is 2. The Hall–Kier alpha value is -1.50. The number of hydrogen-bond acceptors (Lipinski definition) is 7. The molecule has 0 aliphatic rings. The molecule has 2 unspecified atom stereocenters. The number of benzene rings is 1. The molecule has 2 N–H and O–H groups in total. The number of hydrogen-bond donors (Lipinski definition) is 2. The number of non-ortho nitro benzene ring substituents is 1. The highest BCUT2D eigenvalue weighted by Crippen LogP contribution is 2.40. The molecule has 1 rings (SSSR count). The summed E-state index contributed by atoms with van der Waals surface area (Å²) < 4.78 is 13.7. The molecule has 0 fully saturated rings. The van der Waals surface area contributed by atoms with E-state index in [2.05, 4.69) is 25.8 Å². The molecule has 1 aromatic rings. The molecule has 2 amide bonds. The van der Waals surface area contributed by atoms with Crippen molar-refractivity contribution < 1.29 is 28.6 Å². The van der Waals surface area contributed by atoms with Crippen LogP contribution >= 0.6 is 47.4 Å². The first kappa shape index (κ1) is 23.5. The molecule has 0 heterocycles. The van der Waals surface area contributed by atoms with E-state index < -0.39 is 45.0 Å². The normalized spacial score (nSPS) is 13.5. The Labute approximate surface area is 170 Å². The summed E-state index contributed by atoms with van der Waals surface area (Å²) in [5, 5.41) is 24.0. The Morgan fingerprint density at radius 1 is 1.44 bits per heavy atom. The van der Waals surface area contributed by atoms with Gasteiger partial charge in [0.1, 0.15) is 5.69 Å². The lowest BCUT2D eigenvalue weighted by Crippen LogP contribution is -2.49. The van der Waals surface area contributed by atoms with Crippen LogP contribution in [-0.2, 0) is 9.09 Å². The molecular formula is C11H12BrCl2N4O8P. The molecule has 0 radical (unpaired) electrons.